The number of nitrogens with zero attached hydrogens (tertiary/aromatic N) is 2. The molecule has 7 nitrogen and oxygen atoms in total. The highest BCUT2D eigenvalue weighted by Gasteiger charge is 2.19. The van der Waals surface area contributed by atoms with Gasteiger partial charge in [-0.05, 0) is 24.6 Å². The number of esters is 1. The van der Waals surface area contributed by atoms with E-state index in [-0.39, 0.29) is 23.2 Å². The topological polar surface area (TPSA) is 84.7 Å². The number of hydrogen-bond donors (Lipinski definition) is 1. The van der Waals surface area contributed by atoms with Gasteiger partial charge in [-0.25, -0.2) is 19.0 Å². The molecule has 0 aliphatic heterocycles. The second-order valence-corrected chi connectivity index (χ2v) is 6.21. The van der Waals surface area contributed by atoms with Gasteiger partial charge in [0.25, 0.3) is 0 Å². The van der Waals surface area contributed by atoms with Crippen molar-refractivity contribution in [1.82, 2.24) is 9.88 Å². The van der Waals surface area contributed by atoms with Crippen molar-refractivity contribution in [3.8, 4) is 0 Å². The molecule has 0 saturated heterocycles. The Morgan fingerprint density at radius 1 is 1.37 bits per heavy atom. The van der Waals surface area contributed by atoms with E-state index < -0.39 is 17.8 Å². The Kier molecular flexibility index (Phi) is 7.60. The van der Waals surface area contributed by atoms with Crippen LogP contribution in [0.25, 0.3) is 0 Å². The first kappa shape index (κ1) is 20.7. The second-order valence-electron chi connectivity index (χ2n) is 5.81. The number of aromatic nitrogens is 1. The maximum Gasteiger partial charge on any atom is 0.360 e. The van der Waals surface area contributed by atoms with Gasteiger partial charge in [-0.1, -0.05) is 31.4 Å². The van der Waals surface area contributed by atoms with Gasteiger partial charge in [0.1, 0.15) is 12.1 Å². The smallest absolute Gasteiger partial charge is 0.360 e. The first-order valence-electron chi connectivity index (χ1n) is 8.48. The van der Waals surface area contributed by atoms with Crippen LogP contribution in [0, 0.1) is 5.82 Å². The van der Waals surface area contributed by atoms with E-state index in [1.54, 1.807) is 0 Å². The predicted octanol–water partition coefficient (Wildman–Crippen LogP) is 4.48. The fraction of sp³-hybridized carbons (Fsp3) is 0.389. The van der Waals surface area contributed by atoms with Gasteiger partial charge in [0.2, 0.25) is 5.89 Å². The first-order chi connectivity index (χ1) is 12.9. The molecular formula is C18H21ClFN3O4. The summed E-state index contributed by atoms with van der Waals surface area (Å²) in [5, 5.41) is 2.59. The van der Waals surface area contributed by atoms with Crippen molar-refractivity contribution >= 4 is 29.3 Å². The van der Waals surface area contributed by atoms with Gasteiger partial charge >= 0.3 is 12.0 Å². The van der Waals surface area contributed by atoms with E-state index in [0.29, 0.717) is 12.2 Å². The van der Waals surface area contributed by atoms with Crippen molar-refractivity contribution < 1.29 is 23.1 Å². The number of anilines is 1. The zero-order valence-electron chi connectivity index (χ0n) is 15.1. The quantitative estimate of drug-likeness (QED) is 0.524. The van der Waals surface area contributed by atoms with E-state index in [4.69, 9.17) is 16.0 Å². The molecule has 1 aromatic heterocycles. The summed E-state index contributed by atoms with van der Waals surface area (Å²) in [5.74, 6) is -0.975. The number of nitrogens with one attached hydrogen (secondary N) is 1. The van der Waals surface area contributed by atoms with Crippen molar-refractivity contribution in [2.75, 3.05) is 19.0 Å². The summed E-state index contributed by atoms with van der Waals surface area (Å²) in [4.78, 5) is 29.6. The summed E-state index contributed by atoms with van der Waals surface area (Å²) in [5.41, 5.74) is 0.404. The van der Waals surface area contributed by atoms with Crippen LogP contribution in [0.1, 0.15) is 42.6 Å². The third kappa shape index (κ3) is 5.96. The van der Waals surface area contributed by atoms with Gasteiger partial charge in [0.05, 0.1) is 18.7 Å². The number of methoxy groups -OCH3 is 1. The molecule has 0 aliphatic carbocycles. The SMILES string of the molecule is CCCCCN(Cc1nc(C(=O)OC)co1)C(=O)Nc1ccc(F)c(Cl)c1. The van der Waals surface area contributed by atoms with Crippen molar-refractivity contribution in [2.24, 2.45) is 0 Å². The zero-order valence-corrected chi connectivity index (χ0v) is 15.9. The van der Waals surface area contributed by atoms with Crippen LogP contribution in [-0.2, 0) is 11.3 Å². The average molecular weight is 398 g/mol. The maximum absolute atomic E-state index is 13.3. The Hall–Kier alpha value is -2.61. The molecule has 0 saturated carbocycles. The monoisotopic (exact) mass is 397 g/mol. The third-order valence-corrected chi connectivity index (χ3v) is 4.05. The van der Waals surface area contributed by atoms with E-state index in [2.05, 4.69) is 22.0 Å². The van der Waals surface area contributed by atoms with Crippen LogP contribution in [0.15, 0.2) is 28.9 Å². The number of benzene rings is 1. The van der Waals surface area contributed by atoms with Gasteiger partial charge in [0, 0.05) is 12.2 Å². The number of carbonyl (C=O) groups is 2. The van der Waals surface area contributed by atoms with Crippen LogP contribution in [0.4, 0.5) is 14.9 Å². The number of halogens is 2. The number of rotatable bonds is 8. The summed E-state index contributed by atoms with van der Waals surface area (Å²) < 4.78 is 23.1. The van der Waals surface area contributed by atoms with Gasteiger partial charge in [-0.3, -0.25) is 0 Å². The molecule has 2 aromatic rings. The lowest BCUT2D eigenvalue weighted by atomic mass is 10.2. The molecule has 0 fully saturated rings. The molecule has 1 aromatic carbocycles. The van der Waals surface area contributed by atoms with Gasteiger partial charge < -0.3 is 19.4 Å². The third-order valence-electron chi connectivity index (χ3n) is 3.76. The minimum Gasteiger partial charge on any atom is -0.464 e. The second kappa shape index (κ2) is 9.91. The first-order valence-corrected chi connectivity index (χ1v) is 8.86. The molecule has 0 unspecified atom stereocenters. The molecule has 0 aliphatic rings. The average Bonchev–Trinajstić information content (AvgIpc) is 3.12. The fourth-order valence-electron chi connectivity index (χ4n) is 2.33. The number of carbonyl (C=O) groups excluding carboxylic acids is 2. The van der Waals surface area contributed by atoms with Crippen LogP contribution in [-0.4, -0.2) is 35.5 Å². The molecule has 27 heavy (non-hydrogen) atoms. The lowest BCUT2D eigenvalue weighted by molar-refractivity contribution is 0.0594. The molecule has 2 amide bonds. The molecule has 1 heterocycles. The van der Waals surface area contributed by atoms with E-state index >= 15 is 0 Å². The summed E-state index contributed by atoms with van der Waals surface area (Å²) in [6.45, 7) is 2.59. The lowest BCUT2D eigenvalue weighted by Gasteiger charge is -2.21. The van der Waals surface area contributed by atoms with E-state index in [9.17, 15) is 14.0 Å². The molecule has 1 N–H and O–H groups in total. The molecule has 2 rings (SSSR count). The predicted molar refractivity (Wildman–Crippen MR) is 98.2 cm³/mol. The molecule has 0 radical (unpaired) electrons. The van der Waals surface area contributed by atoms with Crippen molar-refractivity contribution in [1.29, 1.82) is 0 Å². The minimum atomic E-state index is -0.618. The van der Waals surface area contributed by atoms with E-state index in [1.165, 1.54) is 36.5 Å². The Bertz CT molecular complexity index is 797. The van der Waals surface area contributed by atoms with Crippen molar-refractivity contribution in [3.63, 3.8) is 0 Å². The number of urea groups is 1. The summed E-state index contributed by atoms with van der Waals surface area (Å²) in [6.07, 6.45) is 3.92. The molecule has 146 valence electrons. The Labute approximate surface area is 161 Å². The van der Waals surface area contributed by atoms with Crippen LogP contribution in [0.5, 0.6) is 0 Å². The number of oxazole rings is 1. The number of amides is 2. The van der Waals surface area contributed by atoms with Crippen molar-refractivity contribution in [2.45, 2.75) is 32.7 Å². The molecular weight excluding hydrogens is 377 g/mol. The van der Waals surface area contributed by atoms with Crippen LogP contribution in [0.2, 0.25) is 5.02 Å². The highest BCUT2D eigenvalue weighted by molar-refractivity contribution is 6.31. The normalized spacial score (nSPS) is 10.5. The van der Waals surface area contributed by atoms with E-state index in [1.807, 2.05) is 0 Å². The molecule has 9 heteroatoms. The van der Waals surface area contributed by atoms with Gasteiger partial charge in [0.15, 0.2) is 5.69 Å². The van der Waals surface area contributed by atoms with Gasteiger partial charge in [-0.2, -0.15) is 0 Å². The van der Waals surface area contributed by atoms with Crippen LogP contribution >= 0.6 is 11.6 Å². The standard InChI is InChI=1S/C18H21ClFN3O4/c1-3-4-5-8-23(10-16-22-15(11-27-16)17(24)26-2)18(25)21-12-6-7-14(20)13(19)9-12/h6-7,9,11H,3-5,8,10H2,1-2H3,(H,21,25). The van der Waals surface area contributed by atoms with Crippen molar-refractivity contribution in [3.05, 3.63) is 46.9 Å². The Balaban J connectivity index is 2.09. The zero-order chi connectivity index (χ0) is 19.8. The Morgan fingerprint density at radius 3 is 2.81 bits per heavy atom. The summed E-state index contributed by atoms with van der Waals surface area (Å²) in [7, 11) is 1.25. The molecule has 0 atom stereocenters. The highest BCUT2D eigenvalue weighted by atomic mass is 35.5. The lowest BCUT2D eigenvalue weighted by Crippen LogP contribution is -2.35. The van der Waals surface area contributed by atoms with E-state index in [0.717, 1.165) is 19.3 Å². The number of hydrogen-bond acceptors (Lipinski definition) is 5. The minimum absolute atomic E-state index is 0.0340. The fourth-order valence-corrected chi connectivity index (χ4v) is 2.51. The van der Waals surface area contributed by atoms with Crippen LogP contribution < -0.4 is 5.32 Å². The van der Waals surface area contributed by atoms with Gasteiger partial charge in [-0.15, -0.1) is 0 Å². The maximum atomic E-state index is 13.3. The summed E-state index contributed by atoms with van der Waals surface area (Å²) >= 11 is 5.75. The molecule has 0 bridgehead atoms. The summed E-state index contributed by atoms with van der Waals surface area (Å²) in [6, 6.07) is 3.52. The Morgan fingerprint density at radius 2 is 2.15 bits per heavy atom. The number of ether oxygens (including phenoxy) is 1. The largest absolute Gasteiger partial charge is 0.464 e. The number of unbranched alkanes of at least 4 members (excludes halogenated alkanes) is 2. The van der Waals surface area contributed by atoms with Crippen LogP contribution in [0.3, 0.4) is 0 Å². The highest BCUT2D eigenvalue weighted by Crippen LogP contribution is 2.20. The molecule has 0 spiro atoms.